The monoisotopic (exact) mass is 369 g/mol. The number of carbonyl (C=O) groups is 2. The van der Waals surface area contributed by atoms with E-state index in [0.717, 1.165) is 32.4 Å². The minimum Gasteiger partial charge on any atom is -0.355 e. The van der Waals surface area contributed by atoms with Crippen molar-refractivity contribution in [2.75, 3.05) is 19.6 Å². The van der Waals surface area contributed by atoms with Crippen molar-refractivity contribution in [2.45, 2.75) is 38.3 Å². The average Bonchev–Trinajstić information content (AvgIpc) is 2.97. The highest BCUT2D eigenvalue weighted by Gasteiger charge is 2.58. The van der Waals surface area contributed by atoms with Crippen LogP contribution in [0.15, 0.2) is 16.8 Å². The molecule has 1 spiro atoms. The third-order valence-electron chi connectivity index (χ3n) is 5.66. The van der Waals surface area contributed by atoms with Gasteiger partial charge in [0.15, 0.2) is 0 Å². The van der Waals surface area contributed by atoms with E-state index in [2.05, 4.69) is 32.4 Å². The molecule has 1 saturated carbocycles. The first-order chi connectivity index (χ1) is 11.2. The molecule has 1 aliphatic carbocycles. The van der Waals surface area contributed by atoms with Gasteiger partial charge in [0.2, 0.25) is 11.8 Å². The summed E-state index contributed by atoms with van der Waals surface area (Å²) in [5, 5.41) is 10.4. The minimum absolute atomic E-state index is 0. The van der Waals surface area contributed by atoms with Gasteiger partial charge in [0, 0.05) is 25.6 Å². The van der Waals surface area contributed by atoms with Gasteiger partial charge in [-0.3, -0.25) is 9.59 Å². The van der Waals surface area contributed by atoms with Crippen LogP contribution in [0.1, 0.15) is 31.2 Å². The molecule has 132 valence electrons. The zero-order chi connectivity index (χ0) is 15.9. The number of piperidine rings is 1. The fourth-order valence-electron chi connectivity index (χ4n) is 4.16. The second-order valence-electron chi connectivity index (χ2n) is 7.14. The fourth-order valence-corrected chi connectivity index (χ4v) is 4.82. The van der Waals surface area contributed by atoms with E-state index < -0.39 is 0 Å². The maximum absolute atomic E-state index is 13.0. The van der Waals surface area contributed by atoms with Crippen molar-refractivity contribution in [3.8, 4) is 0 Å². The van der Waals surface area contributed by atoms with Crippen molar-refractivity contribution in [3.05, 3.63) is 22.4 Å². The molecule has 24 heavy (non-hydrogen) atoms. The van der Waals surface area contributed by atoms with Gasteiger partial charge in [0.25, 0.3) is 0 Å². The first kappa shape index (κ1) is 17.7. The summed E-state index contributed by atoms with van der Waals surface area (Å²) in [6, 6.07) is 2.45. The molecule has 2 saturated heterocycles. The Labute approximate surface area is 152 Å². The second-order valence-corrected chi connectivity index (χ2v) is 7.92. The van der Waals surface area contributed by atoms with Crippen LogP contribution in [0, 0.1) is 11.3 Å². The quantitative estimate of drug-likeness (QED) is 0.850. The molecule has 0 radical (unpaired) electrons. The summed E-state index contributed by atoms with van der Waals surface area (Å²) in [6.07, 6.45) is 3.79. The number of hydrogen-bond acceptors (Lipinski definition) is 4. The lowest BCUT2D eigenvalue weighted by molar-refractivity contribution is -0.137. The Morgan fingerprint density at radius 1 is 1.38 bits per heavy atom. The highest BCUT2D eigenvalue weighted by molar-refractivity contribution is 7.07. The number of rotatable bonds is 4. The maximum Gasteiger partial charge on any atom is 0.228 e. The molecule has 3 heterocycles. The SMILES string of the molecule is Cl.O=C1CC(C(=O)N(Cc2ccsc2)C2CC23CCNCC3)CN1. The average molecular weight is 370 g/mol. The maximum atomic E-state index is 13.0. The zero-order valence-corrected chi connectivity index (χ0v) is 15.3. The molecule has 1 aromatic heterocycles. The molecule has 1 aromatic rings. The van der Waals surface area contributed by atoms with Crippen LogP contribution in [-0.2, 0) is 16.1 Å². The lowest BCUT2D eigenvalue weighted by Crippen LogP contribution is -2.42. The zero-order valence-electron chi connectivity index (χ0n) is 13.6. The van der Waals surface area contributed by atoms with E-state index in [-0.39, 0.29) is 30.1 Å². The number of amides is 2. The number of halogens is 1. The van der Waals surface area contributed by atoms with Crippen molar-refractivity contribution in [2.24, 2.45) is 11.3 Å². The number of thiophene rings is 1. The Balaban J connectivity index is 0.00000169. The van der Waals surface area contributed by atoms with Gasteiger partial charge in [-0.05, 0) is 60.2 Å². The summed E-state index contributed by atoms with van der Waals surface area (Å²) in [7, 11) is 0. The number of nitrogens with zero attached hydrogens (tertiary/aromatic N) is 1. The Kier molecular flexibility index (Phi) is 5.18. The van der Waals surface area contributed by atoms with Crippen LogP contribution >= 0.6 is 23.7 Å². The van der Waals surface area contributed by atoms with Crippen LogP contribution in [0.25, 0.3) is 0 Å². The van der Waals surface area contributed by atoms with Crippen molar-refractivity contribution in [1.82, 2.24) is 15.5 Å². The highest BCUT2D eigenvalue weighted by atomic mass is 35.5. The number of hydrogen-bond donors (Lipinski definition) is 2. The molecule has 2 amide bonds. The standard InChI is InChI=1S/C17H23N3O2S.ClH/c21-15-7-13(9-19-15)16(22)20(10-12-1-6-23-11-12)14-8-17(14)2-4-18-5-3-17;/h1,6,11,13-14,18H,2-5,7-10H2,(H,19,21);1H. The van der Waals surface area contributed by atoms with Gasteiger partial charge in [0.05, 0.1) is 5.92 Å². The fraction of sp³-hybridized carbons (Fsp3) is 0.647. The molecule has 2 aliphatic heterocycles. The predicted octanol–water partition coefficient (Wildman–Crippen LogP) is 1.78. The molecule has 3 aliphatic rings. The van der Waals surface area contributed by atoms with E-state index in [4.69, 9.17) is 0 Å². The molecule has 3 fully saturated rings. The minimum atomic E-state index is -0.180. The van der Waals surface area contributed by atoms with Gasteiger partial charge in [0.1, 0.15) is 0 Å². The molecule has 2 N–H and O–H groups in total. The molecular formula is C17H24ClN3O2S. The van der Waals surface area contributed by atoms with Crippen molar-refractivity contribution >= 4 is 35.6 Å². The topological polar surface area (TPSA) is 61.4 Å². The third kappa shape index (κ3) is 3.32. The van der Waals surface area contributed by atoms with Crippen molar-refractivity contribution in [1.29, 1.82) is 0 Å². The van der Waals surface area contributed by atoms with E-state index in [9.17, 15) is 9.59 Å². The normalized spacial score (nSPS) is 27.4. The van der Waals surface area contributed by atoms with Gasteiger partial charge >= 0.3 is 0 Å². The Morgan fingerprint density at radius 3 is 2.79 bits per heavy atom. The molecule has 5 nitrogen and oxygen atoms in total. The molecule has 0 bridgehead atoms. The summed E-state index contributed by atoms with van der Waals surface area (Å²) in [6.45, 7) is 3.30. The molecule has 4 rings (SSSR count). The molecule has 2 atom stereocenters. The molecular weight excluding hydrogens is 346 g/mol. The number of nitrogens with one attached hydrogen (secondary N) is 2. The van der Waals surface area contributed by atoms with Crippen LogP contribution in [-0.4, -0.2) is 42.4 Å². The van der Waals surface area contributed by atoms with E-state index in [0.29, 0.717) is 31.0 Å². The van der Waals surface area contributed by atoms with Gasteiger partial charge in [-0.15, -0.1) is 12.4 Å². The Hall–Kier alpha value is -1.11. The largest absolute Gasteiger partial charge is 0.355 e. The summed E-state index contributed by atoms with van der Waals surface area (Å²) >= 11 is 1.67. The first-order valence-corrected chi connectivity index (χ1v) is 9.41. The third-order valence-corrected chi connectivity index (χ3v) is 6.40. The molecule has 2 unspecified atom stereocenters. The molecule has 0 aromatic carbocycles. The van der Waals surface area contributed by atoms with Crippen LogP contribution in [0.2, 0.25) is 0 Å². The summed E-state index contributed by atoms with van der Waals surface area (Å²) < 4.78 is 0. The predicted molar refractivity (Wildman–Crippen MR) is 96.2 cm³/mol. The van der Waals surface area contributed by atoms with Crippen molar-refractivity contribution in [3.63, 3.8) is 0 Å². The van der Waals surface area contributed by atoms with Gasteiger partial charge in [-0.1, -0.05) is 0 Å². The number of carbonyl (C=O) groups excluding carboxylic acids is 2. The highest BCUT2D eigenvalue weighted by Crippen LogP contribution is 2.56. The van der Waals surface area contributed by atoms with Crippen LogP contribution in [0.5, 0.6) is 0 Å². The van der Waals surface area contributed by atoms with Gasteiger partial charge in [-0.2, -0.15) is 11.3 Å². The second kappa shape index (κ2) is 7.02. The summed E-state index contributed by atoms with van der Waals surface area (Å²) in [5.74, 6) is -0.0123. The van der Waals surface area contributed by atoms with E-state index in [1.54, 1.807) is 11.3 Å². The van der Waals surface area contributed by atoms with Crippen LogP contribution in [0.4, 0.5) is 0 Å². The lowest BCUT2D eigenvalue weighted by Gasteiger charge is -2.31. The first-order valence-electron chi connectivity index (χ1n) is 8.47. The van der Waals surface area contributed by atoms with Gasteiger partial charge in [-0.25, -0.2) is 0 Å². The lowest BCUT2D eigenvalue weighted by atomic mass is 9.93. The van der Waals surface area contributed by atoms with Crippen molar-refractivity contribution < 1.29 is 9.59 Å². The Morgan fingerprint density at radius 2 is 2.17 bits per heavy atom. The summed E-state index contributed by atoms with van der Waals surface area (Å²) in [5.41, 5.74) is 1.53. The van der Waals surface area contributed by atoms with Crippen LogP contribution < -0.4 is 10.6 Å². The van der Waals surface area contributed by atoms with E-state index in [1.807, 2.05) is 0 Å². The Bertz CT molecular complexity index is 601. The van der Waals surface area contributed by atoms with Crippen LogP contribution in [0.3, 0.4) is 0 Å². The van der Waals surface area contributed by atoms with E-state index >= 15 is 0 Å². The van der Waals surface area contributed by atoms with Gasteiger partial charge < -0.3 is 15.5 Å². The smallest absolute Gasteiger partial charge is 0.228 e. The molecule has 7 heteroatoms. The summed E-state index contributed by atoms with van der Waals surface area (Å²) in [4.78, 5) is 26.6. The van der Waals surface area contributed by atoms with E-state index in [1.165, 1.54) is 5.56 Å².